The molecule has 1 aromatic heterocycles. The third kappa shape index (κ3) is 3.57. The first-order valence-corrected chi connectivity index (χ1v) is 8.92. The Morgan fingerprint density at radius 2 is 1.96 bits per heavy atom. The summed E-state index contributed by atoms with van der Waals surface area (Å²) in [4.78, 5) is 37.6. The van der Waals surface area contributed by atoms with Gasteiger partial charge in [0.1, 0.15) is 17.6 Å². The van der Waals surface area contributed by atoms with Crippen LogP contribution in [0.4, 0.5) is 4.79 Å². The van der Waals surface area contributed by atoms with Gasteiger partial charge < -0.3 is 9.15 Å². The Kier molecular flexibility index (Phi) is 5.27. The first-order chi connectivity index (χ1) is 12.5. The van der Waals surface area contributed by atoms with Gasteiger partial charge in [-0.05, 0) is 37.7 Å². The Morgan fingerprint density at radius 1 is 1.23 bits per heavy atom. The number of carbonyl (C=O) groups excluding carboxylic acids is 3. The molecule has 0 spiro atoms. The number of carbonyl (C=O) groups is 3. The molecule has 134 valence electrons. The molecule has 0 bridgehead atoms. The molecule has 3 rings (SSSR count). The smallest absolute Gasteiger partial charge is 0.329 e. The zero-order valence-electron chi connectivity index (χ0n) is 14.3. The van der Waals surface area contributed by atoms with Crippen molar-refractivity contribution in [1.29, 1.82) is 0 Å². The van der Waals surface area contributed by atoms with Gasteiger partial charge in [0.25, 0.3) is 11.1 Å². The maximum absolute atomic E-state index is 12.5. The molecule has 2 amide bonds. The van der Waals surface area contributed by atoms with Crippen LogP contribution in [-0.4, -0.2) is 34.7 Å². The van der Waals surface area contributed by atoms with E-state index >= 15 is 0 Å². The van der Waals surface area contributed by atoms with E-state index in [2.05, 4.69) is 0 Å². The fourth-order valence-electron chi connectivity index (χ4n) is 2.50. The van der Waals surface area contributed by atoms with Crippen LogP contribution >= 0.6 is 11.8 Å². The molecule has 7 heteroatoms. The number of imide groups is 1. The quantitative estimate of drug-likeness (QED) is 0.585. The van der Waals surface area contributed by atoms with Crippen molar-refractivity contribution in [1.82, 2.24) is 4.90 Å². The molecule has 1 aromatic carbocycles. The van der Waals surface area contributed by atoms with Crippen LogP contribution in [0.2, 0.25) is 0 Å². The van der Waals surface area contributed by atoms with Gasteiger partial charge in [0, 0.05) is 11.6 Å². The number of furan rings is 1. The molecule has 0 saturated carbocycles. The maximum atomic E-state index is 12.5. The van der Waals surface area contributed by atoms with E-state index in [0.29, 0.717) is 11.5 Å². The van der Waals surface area contributed by atoms with Crippen molar-refractivity contribution in [3.8, 4) is 11.3 Å². The molecule has 1 unspecified atom stereocenters. The van der Waals surface area contributed by atoms with Gasteiger partial charge in [0.05, 0.1) is 11.5 Å². The lowest BCUT2D eigenvalue weighted by Crippen LogP contribution is -2.42. The Bertz CT molecular complexity index is 871. The highest BCUT2D eigenvalue weighted by atomic mass is 32.2. The monoisotopic (exact) mass is 371 g/mol. The molecule has 1 fully saturated rings. The van der Waals surface area contributed by atoms with E-state index in [1.807, 2.05) is 30.3 Å². The Labute approximate surface area is 154 Å². The molecule has 1 aliphatic heterocycles. The largest absolute Gasteiger partial charge is 0.464 e. The summed E-state index contributed by atoms with van der Waals surface area (Å²) in [5.41, 5.74) is 0.913. The topological polar surface area (TPSA) is 76.8 Å². The summed E-state index contributed by atoms with van der Waals surface area (Å²) in [5.74, 6) is -0.0206. The minimum absolute atomic E-state index is 0.184. The average Bonchev–Trinajstić information content (AvgIpc) is 3.20. The molecular weight excluding hydrogens is 354 g/mol. The molecule has 1 atom stereocenters. The van der Waals surface area contributed by atoms with Crippen LogP contribution in [0.1, 0.15) is 19.6 Å². The van der Waals surface area contributed by atoms with E-state index < -0.39 is 23.2 Å². The van der Waals surface area contributed by atoms with E-state index in [9.17, 15) is 14.4 Å². The van der Waals surface area contributed by atoms with Crippen LogP contribution in [0.15, 0.2) is 51.8 Å². The third-order valence-electron chi connectivity index (χ3n) is 3.80. The number of hydrogen-bond acceptors (Lipinski definition) is 6. The first kappa shape index (κ1) is 18.0. The first-order valence-electron chi connectivity index (χ1n) is 8.10. The number of nitrogens with zero attached hydrogens (tertiary/aromatic N) is 1. The van der Waals surface area contributed by atoms with E-state index in [0.717, 1.165) is 22.2 Å². The number of benzene rings is 1. The fourth-order valence-corrected chi connectivity index (χ4v) is 3.39. The number of amides is 2. The van der Waals surface area contributed by atoms with Gasteiger partial charge in [0.15, 0.2) is 0 Å². The average molecular weight is 371 g/mol. The summed E-state index contributed by atoms with van der Waals surface area (Å²) < 4.78 is 10.6. The lowest BCUT2D eigenvalue weighted by atomic mass is 10.2. The SMILES string of the molecule is CCOC(=O)C(C)N1C(=O)S/C(=C/c2ccc(-c3ccccc3)o2)C1=O. The van der Waals surface area contributed by atoms with E-state index in [4.69, 9.17) is 9.15 Å². The van der Waals surface area contributed by atoms with Crippen molar-refractivity contribution in [2.75, 3.05) is 6.61 Å². The van der Waals surface area contributed by atoms with Gasteiger partial charge in [-0.2, -0.15) is 0 Å². The molecule has 0 aliphatic carbocycles. The molecule has 2 aromatic rings. The van der Waals surface area contributed by atoms with Gasteiger partial charge in [-0.3, -0.25) is 14.5 Å². The van der Waals surface area contributed by atoms with Gasteiger partial charge >= 0.3 is 5.97 Å². The zero-order chi connectivity index (χ0) is 18.7. The minimum Gasteiger partial charge on any atom is -0.464 e. The van der Waals surface area contributed by atoms with E-state index in [1.54, 1.807) is 19.1 Å². The van der Waals surface area contributed by atoms with Crippen LogP contribution in [-0.2, 0) is 14.3 Å². The number of rotatable bonds is 5. The second-order valence-corrected chi connectivity index (χ2v) is 6.54. The summed E-state index contributed by atoms with van der Waals surface area (Å²) in [7, 11) is 0. The van der Waals surface area contributed by atoms with Crippen molar-refractivity contribution in [2.45, 2.75) is 19.9 Å². The Morgan fingerprint density at radius 3 is 2.65 bits per heavy atom. The molecule has 1 aliphatic rings. The molecule has 2 heterocycles. The number of esters is 1. The highest BCUT2D eigenvalue weighted by Crippen LogP contribution is 2.34. The van der Waals surface area contributed by atoms with Crippen molar-refractivity contribution in [3.05, 3.63) is 53.1 Å². The minimum atomic E-state index is -0.968. The summed E-state index contributed by atoms with van der Waals surface area (Å²) >= 11 is 0.776. The maximum Gasteiger partial charge on any atom is 0.329 e. The van der Waals surface area contributed by atoms with Gasteiger partial charge in [0.2, 0.25) is 0 Å². The predicted octanol–water partition coefficient (Wildman–Crippen LogP) is 3.93. The standard InChI is InChI=1S/C19H17NO5S/c1-3-24-18(22)12(2)20-17(21)16(26-19(20)23)11-14-9-10-15(25-14)13-7-5-4-6-8-13/h4-12H,3H2,1-2H3/b16-11+. The van der Waals surface area contributed by atoms with Crippen molar-refractivity contribution in [2.24, 2.45) is 0 Å². The van der Waals surface area contributed by atoms with Crippen LogP contribution in [0.25, 0.3) is 17.4 Å². The number of thioether (sulfide) groups is 1. The molecule has 6 nitrogen and oxygen atoms in total. The number of hydrogen-bond donors (Lipinski definition) is 0. The molecule has 1 saturated heterocycles. The third-order valence-corrected chi connectivity index (χ3v) is 4.68. The second-order valence-electron chi connectivity index (χ2n) is 5.55. The van der Waals surface area contributed by atoms with Crippen LogP contribution < -0.4 is 0 Å². The second kappa shape index (κ2) is 7.61. The van der Waals surface area contributed by atoms with Crippen molar-refractivity contribution < 1.29 is 23.5 Å². The predicted molar refractivity (Wildman–Crippen MR) is 98.0 cm³/mol. The molecular formula is C19H17NO5S. The molecule has 0 N–H and O–H groups in total. The van der Waals surface area contributed by atoms with E-state index in [-0.39, 0.29) is 11.5 Å². The van der Waals surface area contributed by atoms with Crippen LogP contribution in [0.5, 0.6) is 0 Å². The summed E-state index contributed by atoms with van der Waals surface area (Å²) in [6.07, 6.45) is 1.51. The lowest BCUT2D eigenvalue weighted by Gasteiger charge is -2.19. The van der Waals surface area contributed by atoms with Crippen LogP contribution in [0, 0.1) is 0 Å². The summed E-state index contributed by atoms with van der Waals surface area (Å²) in [5, 5.41) is -0.503. The van der Waals surface area contributed by atoms with Crippen molar-refractivity contribution >= 4 is 35.0 Å². The Balaban J connectivity index is 1.80. The number of ether oxygens (including phenoxy) is 1. The normalized spacial score (nSPS) is 17.0. The highest BCUT2D eigenvalue weighted by molar-refractivity contribution is 8.18. The Hall–Kier alpha value is -2.80. The molecule has 26 heavy (non-hydrogen) atoms. The van der Waals surface area contributed by atoms with Gasteiger partial charge in [-0.1, -0.05) is 30.3 Å². The summed E-state index contributed by atoms with van der Waals surface area (Å²) in [6, 6.07) is 12.1. The summed E-state index contributed by atoms with van der Waals surface area (Å²) in [6.45, 7) is 3.32. The lowest BCUT2D eigenvalue weighted by molar-refractivity contribution is -0.150. The fraction of sp³-hybridized carbons (Fsp3) is 0.211. The van der Waals surface area contributed by atoms with Gasteiger partial charge in [-0.15, -0.1) is 0 Å². The van der Waals surface area contributed by atoms with Crippen molar-refractivity contribution in [3.63, 3.8) is 0 Å². The highest BCUT2D eigenvalue weighted by Gasteiger charge is 2.41. The molecule has 0 radical (unpaired) electrons. The zero-order valence-corrected chi connectivity index (χ0v) is 15.1. The van der Waals surface area contributed by atoms with Crippen LogP contribution in [0.3, 0.4) is 0 Å². The van der Waals surface area contributed by atoms with Gasteiger partial charge in [-0.25, -0.2) is 4.79 Å². The van der Waals surface area contributed by atoms with E-state index in [1.165, 1.54) is 13.0 Å².